The molecule has 1 saturated heterocycles. The normalized spacial score (nSPS) is 25.5. The van der Waals surface area contributed by atoms with Crippen molar-refractivity contribution in [2.45, 2.75) is 57.5 Å². The maximum atomic E-state index is 3.43. The number of hydrogen-bond acceptors (Lipinski definition) is 3. The van der Waals surface area contributed by atoms with Gasteiger partial charge in [0.2, 0.25) is 0 Å². The zero-order chi connectivity index (χ0) is 12.8. The molecule has 0 aromatic heterocycles. The van der Waals surface area contributed by atoms with Gasteiger partial charge in [-0.3, -0.25) is 4.90 Å². The molecule has 18 heavy (non-hydrogen) atoms. The summed E-state index contributed by atoms with van der Waals surface area (Å²) in [5.74, 6) is 0. The van der Waals surface area contributed by atoms with Crippen LogP contribution in [0.5, 0.6) is 0 Å². The topological polar surface area (TPSA) is 18.5 Å². The zero-order valence-corrected chi connectivity index (χ0v) is 12.3. The van der Waals surface area contributed by atoms with E-state index in [0.29, 0.717) is 0 Å². The highest BCUT2D eigenvalue weighted by molar-refractivity contribution is 4.77. The molecular weight excluding hydrogens is 222 g/mol. The Morgan fingerprint density at radius 1 is 1.17 bits per heavy atom. The molecule has 2 fully saturated rings. The van der Waals surface area contributed by atoms with Gasteiger partial charge in [0.1, 0.15) is 0 Å². The largest absolute Gasteiger partial charge is 0.314 e. The van der Waals surface area contributed by atoms with Crippen molar-refractivity contribution in [2.75, 3.05) is 39.8 Å². The fraction of sp³-hybridized carbons (Fsp3) is 1.00. The first-order chi connectivity index (χ1) is 8.77. The van der Waals surface area contributed by atoms with Crippen molar-refractivity contribution in [2.24, 2.45) is 0 Å². The number of nitrogens with zero attached hydrogens (tertiary/aromatic N) is 2. The molecule has 1 saturated carbocycles. The molecule has 1 heterocycles. The van der Waals surface area contributed by atoms with Crippen molar-refractivity contribution < 1.29 is 0 Å². The molecule has 0 aromatic carbocycles. The summed E-state index contributed by atoms with van der Waals surface area (Å²) >= 11 is 0. The van der Waals surface area contributed by atoms with E-state index in [1.807, 2.05) is 0 Å². The second-order valence-corrected chi connectivity index (χ2v) is 6.20. The van der Waals surface area contributed by atoms with E-state index in [1.54, 1.807) is 0 Å². The molecular formula is C15H31N3. The van der Waals surface area contributed by atoms with Gasteiger partial charge in [-0.2, -0.15) is 0 Å². The van der Waals surface area contributed by atoms with Crippen LogP contribution in [0.25, 0.3) is 0 Å². The van der Waals surface area contributed by atoms with E-state index < -0.39 is 0 Å². The van der Waals surface area contributed by atoms with Crippen molar-refractivity contribution in [3.63, 3.8) is 0 Å². The van der Waals surface area contributed by atoms with Crippen LogP contribution in [0.15, 0.2) is 0 Å². The van der Waals surface area contributed by atoms with Gasteiger partial charge in [0, 0.05) is 38.3 Å². The molecule has 0 bridgehead atoms. The Labute approximate surface area is 113 Å². The Morgan fingerprint density at radius 2 is 1.83 bits per heavy atom. The molecule has 1 unspecified atom stereocenters. The summed E-state index contributed by atoms with van der Waals surface area (Å²) in [5, 5.41) is 3.43. The van der Waals surface area contributed by atoms with E-state index in [2.05, 4.69) is 29.1 Å². The molecule has 1 aliphatic carbocycles. The summed E-state index contributed by atoms with van der Waals surface area (Å²) in [6.07, 6.45) is 8.54. The van der Waals surface area contributed by atoms with Crippen LogP contribution in [0, 0.1) is 0 Å². The average Bonchev–Trinajstić information content (AvgIpc) is 2.46. The first-order valence-corrected chi connectivity index (χ1v) is 7.92. The molecule has 1 N–H and O–H groups in total. The SMILES string of the molecule is CC(CCN(C)C1CCCCC1)N1CCNCC1. The molecule has 0 spiro atoms. The minimum atomic E-state index is 0.748. The summed E-state index contributed by atoms with van der Waals surface area (Å²) in [6, 6.07) is 1.62. The molecule has 3 nitrogen and oxygen atoms in total. The Kier molecular flexibility index (Phi) is 5.93. The molecule has 2 aliphatic rings. The minimum absolute atomic E-state index is 0.748. The Morgan fingerprint density at radius 3 is 2.50 bits per heavy atom. The third kappa shape index (κ3) is 4.22. The molecule has 1 aliphatic heterocycles. The summed E-state index contributed by atoms with van der Waals surface area (Å²) < 4.78 is 0. The molecule has 1 atom stereocenters. The van der Waals surface area contributed by atoms with Crippen LogP contribution in [-0.4, -0.2) is 61.7 Å². The molecule has 2 rings (SSSR count). The van der Waals surface area contributed by atoms with E-state index in [1.165, 1.54) is 71.2 Å². The maximum Gasteiger partial charge on any atom is 0.0110 e. The summed E-state index contributed by atoms with van der Waals surface area (Å²) in [4.78, 5) is 5.27. The lowest BCUT2D eigenvalue weighted by Gasteiger charge is -2.36. The van der Waals surface area contributed by atoms with E-state index >= 15 is 0 Å². The third-order valence-electron chi connectivity index (χ3n) is 4.87. The Bertz CT molecular complexity index is 196. The van der Waals surface area contributed by atoms with E-state index in [-0.39, 0.29) is 0 Å². The van der Waals surface area contributed by atoms with Crippen LogP contribution < -0.4 is 5.32 Å². The monoisotopic (exact) mass is 253 g/mol. The summed E-state index contributed by atoms with van der Waals surface area (Å²) in [7, 11) is 2.33. The van der Waals surface area contributed by atoms with Gasteiger partial charge >= 0.3 is 0 Å². The van der Waals surface area contributed by atoms with Crippen LogP contribution in [-0.2, 0) is 0 Å². The first kappa shape index (κ1) is 14.3. The van der Waals surface area contributed by atoms with Gasteiger partial charge < -0.3 is 10.2 Å². The van der Waals surface area contributed by atoms with Gasteiger partial charge in [0.05, 0.1) is 0 Å². The van der Waals surface area contributed by atoms with Crippen LogP contribution in [0.3, 0.4) is 0 Å². The molecule has 106 valence electrons. The highest BCUT2D eigenvalue weighted by Crippen LogP contribution is 2.22. The Balaban J connectivity index is 1.66. The van der Waals surface area contributed by atoms with Crippen molar-refractivity contribution in [1.29, 1.82) is 0 Å². The fourth-order valence-corrected chi connectivity index (χ4v) is 3.40. The number of nitrogens with one attached hydrogen (secondary N) is 1. The fourth-order valence-electron chi connectivity index (χ4n) is 3.40. The number of rotatable bonds is 5. The van der Waals surface area contributed by atoms with Crippen LogP contribution in [0.2, 0.25) is 0 Å². The van der Waals surface area contributed by atoms with E-state index in [9.17, 15) is 0 Å². The van der Waals surface area contributed by atoms with Gasteiger partial charge in [-0.15, -0.1) is 0 Å². The van der Waals surface area contributed by atoms with Gasteiger partial charge in [-0.05, 0) is 39.8 Å². The van der Waals surface area contributed by atoms with E-state index in [4.69, 9.17) is 0 Å². The summed E-state index contributed by atoms with van der Waals surface area (Å²) in [6.45, 7) is 8.48. The molecule has 0 radical (unpaired) electrons. The predicted octanol–water partition coefficient (Wildman–Crippen LogP) is 1.93. The van der Waals surface area contributed by atoms with Gasteiger partial charge in [-0.1, -0.05) is 19.3 Å². The van der Waals surface area contributed by atoms with Crippen LogP contribution in [0.4, 0.5) is 0 Å². The minimum Gasteiger partial charge on any atom is -0.314 e. The van der Waals surface area contributed by atoms with Crippen molar-refractivity contribution >= 4 is 0 Å². The first-order valence-electron chi connectivity index (χ1n) is 7.92. The molecule has 0 aromatic rings. The standard InChI is InChI=1S/C15H31N3/c1-14(18-12-9-16-10-13-18)8-11-17(2)15-6-4-3-5-7-15/h14-16H,3-13H2,1-2H3. The lowest BCUT2D eigenvalue weighted by Crippen LogP contribution is -2.48. The van der Waals surface area contributed by atoms with E-state index in [0.717, 1.165) is 12.1 Å². The van der Waals surface area contributed by atoms with Crippen molar-refractivity contribution in [3.8, 4) is 0 Å². The van der Waals surface area contributed by atoms with Crippen molar-refractivity contribution in [3.05, 3.63) is 0 Å². The number of piperazine rings is 1. The predicted molar refractivity (Wildman–Crippen MR) is 78.0 cm³/mol. The van der Waals surface area contributed by atoms with Gasteiger partial charge in [-0.25, -0.2) is 0 Å². The molecule has 3 heteroatoms. The summed E-state index contributed by atoms with van der Waals surface area (Å²) in [5.41, 5.74) is 0. The van der Waals surface area contributed by atoms with Gasteiger partial charge in [0.25, 0.3) is 0 Å². The number of hydrogen-bond donors (Lipinski definition) is 1. The second kappa shape index (κ2) is 7.46. The average molecular weight is 253 g/mol. The van der Waals surface area contributed by atoms with Crippen LogP contribution in [0.1, 0.15) is 45.4 Å². The van der Waals surface area contributed by atoms with Crippen molar-refractivity contribution in [1.82, 2.24) is 15.1 Å². The lowest BCUT2D eigenvalue weighted by atomic mass is 9.94. The smallest absolute Gasteiger partial charge is 0.0110 e. The Hall–Kier alpha value is -0.120. The second-order valence-electron chi connectivity index (χ2n) is 6.20. The lowest BCUT2D eigenvalue weighted by molar-refractivity contribution is 0.140. The highest BCUT2D eigenvalue weighted by atomic mass is 15.2. The molecule has 0 amide bonds. The van der Waals surface area contributed by atoms with Gasteiger partial charge in [0.15, 0.2) is 0 Å². The quantitative estimate of drug-likeness (QED) is 0.808. The maximum absolute atomic E-state index is 3.43. The highest BCUT2D eigenvalue weighted by Gasteiger charge is 2.20. The zero-order valence-electron chi connectivity index (χ0n) is 12.3. The van der Waals surface area contributed by atoms with Crippen LogP contribution >= 0.6 is 0 Å². The third-order valence-corrected chi connectivity index (χ3v) is 4.87.